The Morgan fingerprint density at radius 2 is 1.88 bits per heavy atom. The minimum absolute atomic E-state index is 0.698. The molecule has 1 aromatic rings. The van der Waals surface area contributed by atoms with E-state index in [0.29, 0.717) is 5.19 Å². The first kappa shape index (κ1) is 14.4. The third-order valence-corrected chi connectivity index (χ3v) is 3.34. The van der Waals surface area contributed by atoms with Gasteiger partial charge in [-0.25, -0.2) is 0 Å². The predicted octanol–water partition coefficient (Wildman–Crippen LogP) is 3.00. The van der Waals surface area contributed by atoms with Crippen molar-refractivity contribution in [3.63, 3.8) is 0 Å². The molecule has 0 fully saturated rings. The summed E-state index contributed by atoms with van der Waals surface area (Å²) < 4.78 is 5.56. The van der Waals surface area contributed by atoms with Crippen LogP contribution in [0.1, 0.15) is 50.5 Å². The average Bonchev–Trinajstić information content (AvgIpc) is 2.76. The second kappa shape index (κ2) is 9.36. The maximum Gasteiger partial charge on any atom is 0.294 e. The summed E-state index contributed by atoms with van der Waals surface area (Å²) in [5, 5.41) is 12.7. The molecule has 0 aromatic carbocycles. The molecule has 0 saturated carbocycles. The Morgan fingerprint density at radius 3 is 2.65 bits per heavy atom. The van der Waals surface area contributed by atoms with Crippen LogP contribution >= 0.6 is 11.3 Å². The van der Waals surface area contributed by atoms with Gasteiger partial charge in [0.15, 0.2) is 0 Å². The summed E-state index contributed by atoms with van der Waals surface area (Å²) in [6, 6.07) is 0. The monoisotopic (exact) mass is 257 g/mol. The molecule has 0 bridgehead atoms. The van der Waals surface area contributed by atoms with E-state index in [2.05, 4.69) is 22.4 Å². The first-order valence-corrected chi connectivity index (χ1v) is 7.28. The van der Waals surface area contributed by atoms with Gasteiger partial charge >= 0.3 is 0 Å². The molecule has 1 N–H and O–H groups in total. The predicted molar refractivity (Wildman–Crippen MR) is 71.5 cm³/mol. The molecule has 0 saturated heterocycles. The summed E-state index contributed by atoms with van der Waals surface area (Å²) in [6.45, 7) is 3.76. The summed E-state index contributed by atoms with van der Waals surface area (Å²) >= 11 is 1.52. The second-order valence-corrected chi connectivity index (χ2v) is 5.13. The number of hydrogen-bond donors (Lipinski definition) is 1. The lowest BCUT2D eigenvalue weighted by Gasteiger charge is -2.01. The van der Waals surface area contributed by atoms with Gasteiger partial charge in [-0.2, -0.15) is 0 Å². The van der Waals surface area contributed by atoms with Gasteiger partial charge < -0.3 is 10.1 Å². The van der Waals surface area contributed by atoms with Crippen molar-refractivity contribution < 1.29 is 4.74 Å². The number of ether oxygens (including phenoxy) is 1. The number of aromatic nitrogens is 2. The van der Waals surface area contributed by atoms with Crippen molar-refractivity contribution in [2.24, 2.45) is 0 Å². The highest BCUT2D eigenvalue weighted by molar-refractivity contribution is 7.13. The third kappa shape index (κ3) is 6.58. The van der Waals surface area contributed by atoms with Crippen LogP contribution in [0.4, 0.5) is 0 Å². The Hall–Kier alpha value is -0.680. The smallest absolute Gasteiger partial charge is 0.294 e. The van der Waals surface area contributed by atoms with E-state index in [9.17, 15) is 0 Å². The highest BCUT2D eigenvalue weighted by Crippen LogP contribution is 2.17. The van der Waals surface area contributed by atoms with Crippen LogP contribution in [0, 0.1) is 0 Å². The van der Waals surface area contributed by atoms with Gasteiger partial charge in [-0.15, -0.1) is 10.2 Å². The van der Waals surface area contributed by atoms with Crippen molar-refractivity contribution >= 4 is 11.3 Å². The van der Waals surface area contributed by atoms with Crippen LogP contribution in [0.25, 0.3) is 0 Å². The highest BCUT2D eigenvalue weighted by atomic mass is 32.1. The molecule has 0 radical (unpaired) electrons. The molecule has 1 rings (SSSR count). The van der Waals surface area contributed by atoms with Gasteiger partial charge in [-0.3, -0.25) is 0 Å². The van der Waals surface area contributed by atoms with Crippen LogP contribution in [0.5, 0.6) is 5.19 Å². The number of nitrogens with one attached hydrogen (secondary N) is 1. The fraction of sp³-hybridized carbons (Fsp3) is 0.833. The Bertz CT molecular complexity index is 291. The minimum atomic E-state index is 0.698. The van der Waals surface area contributed by atoms with E-state index in [0.717, 1.165) is 24.6 Å². The molecule has 0 aliphatic carbocycles. The number of unbranched alkanes of at least 4 members (excludes halogenated alkanes) is 5. The number of hydrogen-bond acceptors (Lipinski definition) is 5. The zero-order valence-electron chi connectivity index (χ0n) is 10.9. The van der Waals surface area contributed by atoms with E-state index < -0.39 is 0 Å². The molecule has 0 aliphatic heterocycles. The summed E-state index contributed by atoms with van der Waals surface area (Å²) in [5.74, 6) is 0. The van der Waals surface area contributed by atoms with Crippen molar-refractivity contribution in [1.82, 2.24) is 15.5 Å². The SMILES string of the molecule is CCCCCCCCOc1nnc(CNC)s1. The Kier molecular flexibility index (Phi) is 7.92. The van der Waals surface area contributed by atoms with Crippen LogP contribution in [0.15, 0.2) is 0 Å². The molecule has 0 aliphatic rings. The van der Waals surface area contributed by atoms with E-state index in [4.69, 9.17) is 4.74 Å². The zero-order valence-corrected chi connectivity index (χ0v) is 11.7. The van der Waals surface area contributed by atoms with E-state index in [1.807, 2.05) is 7.05 Å². The van der Waals surface area contributed by atoms with E-state index in [1.165, 1.54) is 43.4 Å². The van der Waals surface area contributed by atoms with Gasteiger partial charge in [0.1, 0.15) is 5.01 Å². The Labute approximate surface area is 108 Å². The van der Waals surface area contributed by atoms with Crippen LogP contribution in [-0.2, 0) is 6.54 Å². The molecule has 4 nitrogen and oxygen atoms in total. The van der Waals surface area contributed by atoms with Gasteiger partial charge in [0.2, 0.25) is 0 Å². The topological polar surface area (TPSA) is 47.0 Å². The van der Waals surface area contributed by atoms with Crippen molar-refractivity contribution in [3.8, 4) is 5.19 Å². The lowest BCUT2D eigenvalue weighted by Crippen LogP contribution is -2.04. The molecule has 0 atom stereocenters. The average molecular weight is 257 g/mol. The molecule has 17 heavy (non-hydrogen) atoms. The fourth-order valence-electron chi connectivity index (χ4n) is 1.56. The molecule has 0 amide bonds. The largest absolute Gasteiger partial charge is 0.469 e. The van der Waals surface area contributed by atoms with E-state index in [1.54, 1.807) is 0 Å². The summed E-state index contributed by atoms with van der Waals surface area (Å²) in [5.41, 5.74) is 0. The maximum atomic E-state index is 5.56. The summed E-state index contributed by atoms with van der Waals surface area (Å²) in [6.07, 6.45) is 7.69. The fourth-order valence-corrected chi connectivity index (χ4v) is 2.28. The van der Waals surface area contributed by atoms with E-state index >= 15 is 0 Å². The Morgan fingerprint density at radius 1 is 1.12 bits per heavy atom. The molecule has 98 valence electrons. The number of rotatable bonds is 10. The van der Waals surface area contributed by atoms with Crippen molar-refractivity contribution in [2.45, 2.75) is 52.0 Å². The first-order chi connectivity index (χ1) is 8.36. The van der Waals surface area contributed by atoms with Gasteiger partial charge in [0, 0.05) is 6.54 Å². The molecule has 0 unspecified atom stereocenters. The Balaban J connectivity index is 2.01. The summed E-state index contributed by atoms with van der Waals surface area (Å²) in [4.78, 5) is 0. The van der Waals surface area contributed by atoms with Crippen LogP contribution in [0.2, 0.25) is 0 Å². The van der Waals surface area contributed by atoms with Crippen LogP contribution in [0.3, 0.4) is 0 Å². The van der Waals surface area contributed by atoms with Gasteiger partial charge in [0.05, 0.1) is 6.61 Å². The molecule has 5 heteroatoms. The molecular weight excluding hydrogens is 234 g/mol. The van der Waals surface area contributed by atoms with Crippen molar-refractivity contribution in [2.75, 3.05) is 13.7 Å². The van der Waals surface area contributed by atoms with Crippen LogP contribution in [-0.4, -0.2) is 23.9 Å². The first-order valence-electron chi connectivity index (χ1n) is 6.46. The van der Waals surface area contributed by atoms with Gasteiger partial charge in [-0.1, -0.05) is 50.4 Å². The van der Waals surface area contributed by atoms with Gasteiger partial charge in [0.25, 0.3) is 5.19 Å². The highest BCUT2D eigenvalue weighted by Gasteiger charge is 2.03. The third-order valence-electron chi connectivity index (χ3n) is 2.50. The molecule has 1 aromatic heterocycles. The lowest BCUT2D eigenvalue weighted by atomic mass is 10.1. The zero-order chi connectivity index (χ0) is 12.3. The summed E-state index contributed by atoms with van der Waals surface area (Å²) in [7, 11) is 1.90. The molecule has 0 spiro atoms. The quantitative estimate of drug-likeness (QED) is 0.655. The molecule has 1 heterocycles. The normalized spacial score (nSPS) is 10.7. The van der Waals surface area contributed by atoms with E-state index in [-0.39, 0.29) is 0 Å². The molecular formula is C12H23N3OS. The van der Waals surface area contributed by atoms with Crippen LogP contribution < -0.4 is 10.1 Å². The van der Waals surface area contributed by atoms with Crippen molar-refractivity contribution in [1.29, 1.82) is 0 Å². The van der Waals surface area contributed by atoms with Crippen molar-refractivity contribution in [3.05, 3.63) is 5.01 Å². The number of nitrogens with zero attached hydrogens (tertiary/aromatic N) is 2. The van der Waals surface area contributed by atoms with Gasteiger partial charge in [-0.05, 0) is 13.5 Å². The lowest BCUT2D eigenvalue weighted by molar-refractivity contribution is 0.300. The maximum absolute atomic E-state index is 5.56. The standard InChI is InChI=1S/C12H23N3OS/c1-3-4-5-6-7-8-9-16-12-15-14-11(17-12)10-13-2/h13H,3-10H2,1-2H3. The minimum Gasteiger partial charge on any atom is -0.469 e. The second-order valence-electron chi connectivity index (χ2n) is 4.11.